The van der Waals surface area contributed by atoms with Crippen LogP contribution in [-0.2, 0) is 14.3 Å². The van der Waals surface area contributed by atoms with Crippen molar-refractivity contribution in [2.24, 2.45) is 0 Å². The molecule has 3 nitrogen and oxygen atoms in total. The summed E-state index contributed by atoms with van der Waals surface area (Å²) in [5, 5.41) is 0. The van der Waals surface area contributed by atoms with Crippen molar-refractivity contribution in [2.75, 3.05) is 19.8 Å². The minimum absolute atomic E-state index is 0.592. The predicted molar refractivity (Wildman–Crippen MR) is 67.3 cm³/mol. The van der Waals surface area contributed by atoms with Crippen LogP contribution in [0.5, 0.6) is 0 Å². The van der Waals surface area contributed by atoms with E-state index in [1.54, 1.807) is 0 Å². The Labute approximate surface area is 149 Å². The van der Waals surface area contributed by atoms with Gasteiger partial charge in [0.1, 0.15) is 13.2 Å². The molecule has 0 N–H and O–H groups in total. The molecule has 0 bridgehead atoms. The maximum absolute atomic E-state index is 13.3. The fourth-order valence-electron chi connectivity index (χ4n) is 1.45. The van der Waals surface area contributed by atoms with E-state index in [-0.39, 0.29) is 0 Å². The van der Waals surface area contributed by atoms with Crippen LogP contribution in [0.2, 0.25) is 0 Å². The number of esters is 1. The minimum Gasteiger partial charge on any atom is -0.460 e. The summed E-state index contributed by atoms with van der Waals surface area (Å²) in [6.45, 7) is -2.78. The van der Waals surface area contributed by atoms with Crippen molar-refractivity contribution in [1.82, 2.24) is 0 Å². The molecule has 0 aromatic carbocycles. The summed E-state index contributed by atoms with van der Waals surface area (Å²) in [6.07, 6.45) is 0.592. The summed E-state index contributed by atoms with van der Waals surface area (Å²) in [5.41, 5.74) is 0. The van der Waals surface area contributed by atoms with Crippen molar-refractivity contribution in [1.29, 1.82) is 0 Å². The van der Waals surface area contributed by atoms with Gasteiger partial charge in [-0.2, -0.15) is 52.7 Å². The Balaban J connectivity index is 5.51. The largest absolute Gasteiger partial charge is 0.460 e. The zero-order valence-electron chi connectivity index (χ0n) is 13.7. The monoisotopic (exact) mass is 444 g/mol. The summed E-state index contributed by atoms with van der Waals surface area (Å²) in [5.74, 6) is -42.8. The van der Waals surface area contributed by atoms with Gasteiger partial charge in [-0.25, -0.2) is 4.79 Å². The Morgan fingerprint density at radius 3 is 1.61 bits per heavy atom. The van der Waals surface area contributed by atoms with Crippen molar-refractivity contribution in [3.8, 4) is 0 Å². The molecular weight excluding hydrogens is 432 g/mol. The summed E-state index contributed by atoms with van der Waals surface area (Å²) < 4.78 is 165. The Morgan fingerprint density at radius 1 is 0.786 bits per heavy atom. The molecule has 0 unspecified atom stereocenters. The minimum atomic E-state index is -7.62. The third-order valence-corrected chi connectivity index (χ3v) is 3.12. The number of alkyl halides is 12. The van der Waals surface area contributed by atoms with Gasteiger partial charge in [0, 0.05) is 13.0 Å². The highest BCUT2D eigenvalue weighted by molar-refractivity contribution is 5.81. The van der Waals surface area contributed by atoms with Gasteiger partial charge in [0.25, 0.3) is 0 Å². The molecule has 0 fully saturated rings. The summed E-state index contributed by atoms with van der Waals surface area (Å²) in [6, 6.07) is 0. The summed E-state index contributed by atoms with van der Waals surface area (Å²) >= 11 is 0. The van der Waals surface area contributed by atoms with Crippen LogP contribution in [0.15, 0.2) is 12.7 Å². The van der Waals surface area contributed by atoms with Gasteiger partial charge >= 0.3 is 41.5 Å². The standard InChI is InChI=1S/C13H12F12O3/c1-3-7(26)28-5-4-27-6-9(16,17)11(20,21)13(24,25)12(22,23)10(18,19)8(2,14)15/h3H,1,4-6H2,2H3. The Bertz CT molecular complexity index is 568. The van der Waals surface area contributed by atoms with Crippen LogP contribution in [-0.4, -0.2) is 61.3 Å². The first-order valence-electron chi connectivity index (χ1n) is 6.84. The van der Waals surface area contributed by atoms with Crippen molar-refractivity contribution < 1.29 is 67.0 Å². The van der Waals surface area contributed by atoms with E-state index < -0.39 is 68.2 Å². The summed E-state index contributed by atoms with van der Waals surface area (Å²) in [7, 11) is 0. The number of rotatable bonds is 11. The number of ether oxygens (including phenoxy) is 2. The molecule has 0 amide bonds. The highest BCUT2D eigenvalue weighted by Gasteiger charge is 2.89. The first kappa shape index (κ1) is 26.3. The average molecular weight is 444 g/mol. The van der Waals surface area contributed by atoms with Crippen LogP contribution in [0.25, 0.3) is 0 Å². The molecule has 0 heterocycles. The van der Waals surface area contributed by atoms with Crippen LogP contribution < -0.4 is 0 Å². The SMILES string of the molecule is C=CC(=O)OCCOCC(F)(F)C(F)(F)C(F)(F)C(F)(F)C(F)(F)C(C)(F)F. The molecule has 0 radical (unpaired) electrons. The van der Waals surface area contributed by atoms with E-state index >= 15 is 0 Å². The van der Waals surface area contributed by atoms with Gasteiger partial charge in [-0.1, -0.05) is 6.58 Å². The fourth-order valence-corrected chi connectivity index (χ4v) is 1.45. The molecular formula is C13H12F12O3. The molecule has 166 valence electrons. The third-order valence-electron chi connectivity index (χ3n) is 3.12. The maximum atomic E-state index is 13.3. The maximum Gasteiger partial charge on any atom is 0.384 e. The number of carbonyl (C=O) groups is 1. The second-order valence-electron chi connectivity index (χ2n) is 5.31. The normalized spacial score (nSPS) is 14.8. The lowest BCUT2D eigenvalue weighted by atomic mass is 9.92. The molecule has 0 saturated heterocycles. The van der Waals surface area contributed by atoms with Gasteiger partial charge in [0.15, 0.2) is 0 Å². The van der Waals surface area contributed by atoms with E-state index in [4.69, 9.17) is 0 Å². The van der Waals surface area contributed by atoms with Gasteiger partial charge in [0.2, 0.25) is 0 Å². The lowest BCUT2D eigenvalue weighted by Gasteiger charge is -2.40. The molecule has 0 rings (SSSR count). The lowest BCUT2D eigenvalue weighted by molar-refractivity contribution is -0.425. The summed E-state index contributed by atoms with van der Waals surface area (Å²) in [4.78, 5) is 10.6. The topological polar surface area (TPSA) is 35.5 Å². The number of hydrogen-bond acceptors (Lipinski definition) is 3. The van der Waals surface area contributed by atoms with E-state index in [2.05, 4.69) is 16.1 Å². The van der Waals surface area contributed by atoms with E-state index in [1.165, 1.54) is 0 Å². The lowest BCUT2D eigenvalue weighted by Crippen LogP contribution is -2.70. The quantitative estimate of drug-likeness (QED) is 0.203. The first-order valence-corrected chi connectivity index (χ1v) is 6.84. The van der Waals surface area contributed by atoms with E-state index in [0.717, 1.165) is 0 Å². The van der Waals surface area contributed by atoms with Gasteiger partial charge in [-0.05, 0) is 0 Å². The fraction of sp³-hybridized carbons (Fsp3) is 0.769. The highest BCUT2D eigenvalue weighted by atomic mass is 19.4. The first-order chi connectivity index (χ1) is 12.2. The van der Waals surface area contributed by atoms with E-state index in [0.29, 0.717) is 6.08 Å². The van der Waals surface area contributed by atoms with Crippen LogP contribution >= 0.6 is 0 Å². The Kier molecular flexibility index (Phi) is 7.51. The van der Waals surface area contributed by atoms with Gasteiger partial charge in [0.05, 0.1) is 6.61 Å². The molecule has 0 aromatic heterocycles. The molecule has 0 aliphatic carbocycles. The molecule has 28 heavy (non-hydrogen) atoms. The smallest absolute Gasteiger partial charge is 0.384 e. The van der Waals surface area contributed by atoms with E-state index in [9.17, 15) is 57.5 Å². The second-order valence-corrected chi connectivity index (χ2v) is 5.31. The molecule has 0 aromatic rings. The predicted octanol–water partition coefficient (Wildman–Crippen LogP) is 4.56. The molecule has 0 aliphatic rings. The van der Waals surface area contributed by atoms with Crippen molar-refractivity contribution >= 4 is 5.97 Å². The average Bonchev–Trinajstić information content (AvgIpc) is 2.52. The third kappa shape index (κ3) is 4.49. The molecule has 0 atom stereocenters. The number of hydrogen-bond donors (Lipinski definition) is 0. The zero-order valence-corrected chi connectivity index (χ0v) is 13.7. The molecule has 0 spiro atoms. The number of carbonyl (C=O) groups excluding carboxylic acids is 1. The van der Waals surface area contributed by atoms with Crippen molar-refractivity contribution in [3.05, 3.63) is 12.7 Å². The van der Waals surface area contributed by atoms with Crippen LogP contribution in [0.4, 0.5) is 52.7 Å². The highest BCUT2D eigenvalue weighted by Crippen LogP contribution is 2.59. The second kappa shape index (κ2) is 7.99. The molecule has 0 saturated carbocycles. The van der Waals surface area contributed by atoms with Crippen molar-refractivity contribution in [2.45, 2.75) is 42.5 Å². The van der Waals surface area contributed by atoms with Crippen molar-refractivity contribution in [3.63, 3.8) is 0 Å². The van der Waals surface area contributed by atoms with Gasteiger partial charge < -0.3 is 9.47 Å². The van der Waals surface area contributed by atoms with Gasteiger partial charge in [-0.15, -0.1) is 0 Å². The Hall–Kier alpha value is -1.67. The van der Waals surface area contributed by atoms with Crippen LogP contribution in [0.3, 0.4) is 0 Å². The van der Waals surface area contributed by atoms with Crippen LogP contribution in [0.1, 0.15) is 6.92 Å². The van der Waals surface area contributed by atoms with Gasteiger partial charge in [-0.3, -0.25) is 0 Å². The molecule has 0 aliphatic heterocycles. The number of halogens is 12. The Morgan fingerprint density at radius 2 is 1.21 bits per heavy atom. The van der Waals surface area contributed by atoms with Crippen LogP contribution in [0, 0.1) is 0 Å². The molecule has 15 heteroatoms. The van der Waals surface area contributed by atoms with E-state index in [1.807, 2.05) is 0 Å². The zero-order chi connectivity index (χ0) is 22.8.